The smallest absolute Gasteiger partial charge is 0.0781 e. The highest BCUT2D eigenvalue weighted by Gasteiger charge is 2.17. The first kappa shape index (κ1) is 15.0. The zero-order valence-electron chi connectivity index (χ0n) is 11.9. The minimum atomic E-state index is -0.449. The normalized spacial score (nSPS) is 14.3. The molecule has 0 spiro atoms. The third kappa shape index (κ3) is 3.72. The molecule has 0 aliphatic carbocycles. The molecule has 1 aromatic rings. The molecule has 0 bridgehead atoms. The molecule has 0 amide bonds. The number of para-hydroxylation sites is 1. The number of benzene rings is 1. The van der Waals surface area contributed by atoms with Gasteiger partial charge in [0.05, 0.1) is 12.7 Å². The Labute approximate surface area is 110 Å². The largest absolute Gasteiger partial charge is 0.389 e. The van der Waals surface area contributed by atoms with E-state index >= 15 is 0 Å². The molecule has 2 atom stereocenters. The minimum Gasteiger partial charge on any atom is -0.389 e. The predicted molar refractivity (Wildman–Crippen MR) is 76.1 cm³/mol. The van der Waals surface area contributed by atoms with E-state index in [4.69, 9.17) is 4.74 Å². The summed E-state index contributed by atoms with van der Waals surface area (Å²) in [5.41, 5.74) is 2.09. The van der Waals surface area contributed by atoms with Gasteiger partial charge in [0.1, 0.15) is 0 Å². The first-order chi connectivity index (χ1) is 8.61. The zero-order chi connectivity index (χ0) is 13.5. The Hall–Kier alpha value is -1.06. The third-order valence-corrected chi connectivity index (χ3v) is 3.36. The van der Waals surface area contributed by atoms with Crippen LogP contribution in [0, 0.1) is 0 Å². The molecular formula is C15H25NO2. The summed E-state index contributed by atoms with van der Waals surface area (Å²) >= 11 is 0. The lowest BCUT2D eigenvalue weighted by Crippen LogP contribution is -2.36. The van der Waals surface area contributed by atoms with E-state index in [2.05, 4.69) is 24.8 Å². The average molecular weight is 251 g/mol. The Morgan fingerprint density at radius 2 is 1.94 bits per heavy atom. The Kier molecular flexibility index (Phi) is 6.16. The summed E-state index contributed by atoms with van der Waals surface area (Å²) in [5.74, 6) is 0. The van der Waals surface area contributed by atoms with Crippen molar-refractivity contribution in [3.8, 4) is 0 Å². The highest BCUT2D eigenvalue weighted by Crippen LogP contribution is 2.28. The number of aliphatic hydroxyl groups is 1. The van der Waals surface area contributed by atoms with Crippen LogP contribution >= 0.6 is 0 Å². The number of methoxy groups -OCH3 is 1. The van der Waals surface area contributed by atoms with Gasteiger partial charge < -0.3 is 14.7 Å². The van der Waals surface area contributed by atoms with E-state index in [1.165, 1.54) is 0 Å². The highest BCUT2D eigenvalue weighted by molar-refractivity contribution is 5.55. The van der Waals surface area contributed by atoms with Gasteiger partial charge >= 0.3 is 0 Å². The summed E-state index contributed by atoms with van der Waals surface area (Å²) < 4.78 is 5.18. The van der Waals surface area contributed by atoms with Crippen molar-refractivity contribution in [1.82, 2.24) is 0 Å². The van der Waals surface area contributed by atoms with Crippen LogP contribution in [0.2, 0.25) is 0 Å². The van der Waals surface area contributed by atoms with Crippen molar-refractivity contribution in [1.29, 1.82) is 0 Å². The summed E-state index contributed by atoms with van der Waals surface area (Å²) in [4.78, 5) is 2.31. The summed E-state index contributed by atoms with van der Waals surface area (Å²) in [7, 11) is 1.72. The lowest BCUT2D eigenvalue weighted by Gasteiger charge is -2.33. The summed E-state index contributed by atoms with van der Waals surface area (Å²) in [6.45, 7) is 7.72. The Morgan fingerprint density at radius 3 is 2.50 bits per heavy atom. The standard InChI is InChI=1S/C15H25NO2/c1-5-12(2)16(10-11-18-4)15-9-7-6-8-14(15)13(3)17/h6-9,12-13,17H,5,10-11H2,1-4H3/t12?,13-/m1/s1. The molecule has 0 radical (unpaired) electrons. The first-order valence-electron chi connectivity index (χ1n) is 6.64. The molecule has 1 rings (SSSR count). The Morgan fingerprint density at radius 1 is 1.28 bits per heavy atom. The van der Waals surface area contributed by atoms with Gasteiger partial charge in [0.15, 0.2) is 0 Å². The first-order valence-corrected chi connectivity index (χ1v) is 6.64. The molecule has 0 saturated heterocycles. The van der Waals surface area contributed by atoms with Gasteiger partial charge in [-0.15, -0.1) is 0 Å². The van der Waals surface area contributed by atoms with E-state index in [0.717, 1.165) is 24.2 Å². The van der Waals surface area contributed by atoms with Crippen LogP contribution in [0.5, 0.6) is 0 Å². The number of rotatable bonds is 7. The van der Waals surface area contributed by atoms with Gasteiger partial charge in [-0.25, -0.2) is 0 Å². The van der Waals surface area contributed by atoms with Crippen molar-refractivity contribution in [3.05, 3.63) is 29.8 Å². The van der Waals surface area contributed by atoms with E-state index < -0.39 is 6.10 Å². The van der Waals surface area contributed by atoms with E-state index in [1.807, 2.05) is 25.1 Å². The number of nitrogens with zero attached hydrogens (tertiary/aromatic N) is 1. The van der Waals surface area contributed by atoms with Crippen molar-refractivity contribution in [2.75, 3.05) is 25.2 Å². The molecule has 1 aromatic carbocycles. The molecule has 0 fully saturated rings. The van der Waals surface area contributed by atoms with Crippen LogP contribution in [-0.4, -0.2) is 31.4 Å². The van der Waals surface area contributed by atoms with Crippen LogP contribution in [0.3, 0.4) is 0 Å². The van der Waals surface area contributed by atoms with Crippen LogP contribution in [0.25, 0.3) is 0 Å². The fraction of sp³-hybridized carbons (Fsp3) is 0.600. The SMILES string of the molecule is CCC(C)N(CCOC)c1ccccc1[C@@H](C)O. The van der Waals surface area contributed by atoms with Gasteiger partial charge in [-0.2, -0.15) is 0 Å². The van der Waals surface area contributed by atoms with Crippen molar-refractivity contribution in [3.63, 3.8) is 0 Å². The molecule has 0 aliphatic heterocycles. The van der Waals surface area contributed by atoms with Crippen molar-refractivity contribution in [2.24, 2.45) is 0 Å². The number of hydrogen-bond acceptors (Lipinski definition) is 3. The van der Waals surface area contributed by atoms with Crippen LogP contribution in [0.1, 0.15) is 38.9 Å². The van der Waals surface area contributed by atoms with Crippen LogP contribution in [0.15, 0.2) is 24.3 Å². The molecule has 3 heteroatoms. The summed E-state index contributed by atoms with van der Waals surface area (Å²) in [5, 5.41) is 9.88. The second-order valence-corrected chi connectivity index (χ2v) is 4.68. The van der Waals surface area contributed by atoms with Crippen LogP contribution in [-0.2, 0) is 4.74 Å². The van der Waals surface area contributed by atoms with Gasteiger partial charge in [-0.3, -0.25) is 0 Å². The van der Waals surface area contributed by atoms with E-state index in [9.17, 15) is 5.11 Å². The number of ether oxygens (including phenoxy) is 1. The predicted octanol–water partition coefficient (Wildman–Crippen LogP) is 2.99. The quantitative estimate of drug-likeness (QED) is 0.808. The molecule has 1 unspecified atom stereocenters. The van der Waals surface area contributed by atoms with Gasteiger partial charge in [0, 0.05) is 30.9 Å². The number of anilines is 1. The maximum absolute atomic E-state index is 9.88. The molecule has 3 nitrogen and oxygen atoms in total. The molecule has 0 heterocycles. The molecule has 102 valence electrons. The van der Waals surface area contributed by atoms with Gasteiger partial charge in [-0.1, -0.05) is 25.1 Å². The second-order valence-electron chi connectivity index (χ2n) is 4.68. The van der Waals surface area contributed by atoms with Gasteiger partial charge in [-0.05, 0) is 26.3 Å². The maximum atomic E-state index is 9.88. The lowest BCUT2D eigenvalue weighted by atomic mass is 10.1. The minimum absolute atomic E-state index is 0.431. The van der Waals surface area contributed by atoms with Crippen molar-refractivity contribution in [2.45, 2.75) is 39.3 Å². The summed E-state index contributed by atoms with van der Waals surface area (Å²) in [6.07, 6.45) is 0.619. The highest BCUT2D eigenvalue weighted by atomic mass is 16.5. The van der Waals surface area contributed by atoms with Crippen molar-refractivity contribution < 1.29 is 9.84 Å². The molecule has 0 saturated carbocycles. The Balaban J connectivity index is 3.03. The van der Waals surface area contributed by atoms with E-state index in [0.29, 0.717) is 12.6 Å². The van der Waals surface area contributed by atoms with Crippen LogP contribution < -0.4 is 4.90 Å². The fourth-order valence-corrected chi connectivity index (χ4v) is 2.09. The van der Waals surface area contributed by atoms with E-state index in [1.54, 1.807) is 7.11 Å². The molecule has 18 heavy (non-hydrogen) atoms. The second kappa shape index (κ2) is 7.39. The molecule has 1 N–H and O–H groups in total. The third-order valence-electron chi connectivity index (χ3n) is 3.36. The van der Waals surface area contributed by atoms with Gasteiger partial charge in [0.25, 0.3) is 0 Å². The molecule has 0 aliphatic rings. The van der Waals surface area contributed by atoms with Crippen molar-refractivity contribution >= 4 is 5.69 Å². The maximum Gasteiger partial charge on any atom is 0.0781 e. The topological polar surface area (TPSA) is 32.7 Å². The average Bonchev–Trinajstić information content (AvgIpc) is 2.39. The number of hydrogen-bond donors (Lipinski definition) is 1. The summed E-state index contributed by atoms with van der Waals surface area (Å²) in [6, 6.07) is 8.48. The van der Waals surface area contributed by atoms with E-state index in [-0.39, 0.29) is 0 Å². The fourth-order valence-electron chi connectivity index (χ4n) is 2.09. The van der Waals surface area contributed by atoms with Gasteiger partial charge in [0.2, 0.25) is 0 Å². The zero-order valence-corrected chi connectivity index (χ0v) is 11.9. The van der Waals surface area contributed by atoms with Crippen LogP contribution in [0.4, 0.5) is 5.69 Å². The Bertz CT molecular complexity index is 352. The lowest BCUT2D eigenvalue weighted by molar-refractivity contribution is 0.196. The molecular weight excluding hydrogens is 226 g/mol. The number of aliphatic hydroxyl groups excluding tert-OH is 1. The monoisotopic (exact) mass is 251 g/mol. The molecule has 0 aromatic heterocycles.